The first-order chi connectivity index (χ1) is 15.4. The first kappa shape index (κ1) is 27.6. The second-order valence-electron chi connectivity index (χ2n) is 11.9. The lowest BCUT2D eigenvalue weighted by atomic mass is 9.09. The van der Waals surface area contributed by atoms with E-state index in [2.05, 4.69) is 19.2 Å². The molecule has 2 amide bonds. The van der Waals surface area contributed by atoms with Gasteiger partial charge in [0.05, 0.1) is 21.4 Å². The minimum absolute atomic E-state index is 0.0310. The molecule has 6 heteroatoms. The van der Waals surface area contributed by atoms with Gasteiger partial charge in [-0.05, 0) is 6.42 Å². The van der Waals surface area contributed by atoms with E-state index in [9.17, 15) is 9.59 Å². The average molecular weight is 441 g/mol. The fourth-order valence-electron chi connectivity index (χ4n) is 6.15. The van der Waals surface area contributed by atoms with Gasteiger partial charge in [0.2, 0.25) is 11.8 Å². The van der Waals surface area contributed by atoms with Crippen LogP contribution in [0.15, 0.2) is 0 Å². The number of amides is 2. The van der Waals surface area contributed by atoms with Gasteiger partial charge in [-0.2, -0.15) is 0 Å². The molecule has 1 saturated carbocycles. The molecule has 0 aromatic heterocycles. The van der Waals surface area contributed by atoms with Gasteiger partial charge in [0, 0.05) is 12.8 Å². The number of carbonyl (C=O) groups is 2. The number of carbonyl (C=O) groups excluding carboxylic acids is 2. The van der Waals surface area contributed by atoms with Crippen molar-refractivity contribution in [3.05, 3.63) is 0 Å². The Morgan fingerprint density at radius 1 is 0.562 bits per heavy atom. The number of imide groups is 1. The van der Waals surface area contributed by atoms with E-state index < -0.39 is 0 Å². The van der Waals surface area contributed by atoms with Crippen molar-refractivity contribution in [1.82, 2.24) is 5.32 Å². The summed E-state index contributed by atoms with van der Waals surface area (Å²) in [6.07, 6.45) is 24.7. The average Bonchev–Trinajstić information content (AvgIpc) is 2.74. The van der Waals surface area contributed by atoms with E-state index in [4.69, 9.17) is 0 Å². The minimum atomic E-state index is -0.0746. The fourth-order valence-corrected chi connectivity index (χ4v) is 6.15. The maximum atomic E-state index is 12.6. The van der Waals surface area contributed by atoms with Crippen LogP contribution in [-0.2, 0) is 9.59 Å². The molecule has 1 heterocycles. The molecule has 0 aromatic carbocycles. The highest BCUT2D eigenvalue weighted by molar-refractivity contribution is 7.30. The third kappa shape index (κ3) is 12.0. The lowest BCUT2D eigenvalue weighted by Crippen LogP contribution is -2.37. The third-order valence-electron chi connectivity index (χ3n) is 8.42. The van der Waals surface area contributed by atoms with Crippen LogP contribution in [-0.4, -0.2) is 33.2 Å². The van der Waals surface area contributed by atoms with Crippen LogP contribution in [0, 0.1) is 0 Å². The van der Waals surface area contributed by atoms with E-state index in [1.807, 2.05) is 0 Å². The van der Waals surface area contributed by atoms with Gasteiger partial charge in [-0.3, -0.25) is 14.9 Å². The Hall–Kier alpha value is -0.665. The normalized spacial score (nSPS) is 27.8. The summed E-state index contributed by atoms with van der Waals surface area (Å²) in [7, 11) is 3.63. The Balaban J connectivity index is 1.89. The van der Waals surface area contributed by atoms with E-state index >= 15 is 0 Å². The maximum absolute atomic E-state index is 12.6. The zero-order valence-electron chi connectivity index (χ0n) is 21.6. The van der Waals surface area contributed by atoms with Gasteiger partial charge in [0.1, 0.15) is 0 Å². The van der Waals surface area contributed by atoms with Crippen LogP contribution in [0.5, 0.6) is 0 Å². The largest absolute Gasteiger partial charge is 0.296 e. The predicted octanol–water partition coefficient (Wildman–Crippen LogP) is 5.96. The molecule has 2 fully saturated rings. The molecule has 0 spiro atoms. The number of hydrogen-bond acceptors (Lipinski definition) is 2. The standard InChI is InChI=1S/C26H50B3NO2/c1-25(19-15-11-7-5-3-4-6-8-12-16-20-25)27-29-28-26(2)21-17-13-9-10-14-18-23(31)30-24(32)22-26/h27-29H,3-22H2,1-2H3,(H,30,31,32). The summed E-state index contributed by atoms with van der Waals surface area (Å²) >= 11 is 0. The lowest BCUT2D eigenvalue weighted by Gasteiger charge is -2.32. The minimum Gasteiger partial charge on any atom is -0.296 e. The summed E-state index contributed by atoms with van der Waals surface area (Å²) in [6, 6.07) is 0. The Morgan fingerprint density at radius 3 is 1.50 bits per heavy atom. The molecule has 1 atom stereocenters. The zero-order chi connectivity index (χ0) is 23.1. The van der Waals surface area contributed by atoms with Crippen LogP contribution in [0.2, 0.25) is 10.6 Å². The molecule has 0 radical (unpaired) electrons. The van der Waals surface area contributed by atoms with E-state index in [1.165, 1.54) is 111 Å². The van der Waals surface area contributed by atoms with Gasteiger partial charge in [-0.1, -0.05) is 134 Å². The van der Waals surface area contributed by atoms with Crippen LogP contribution in [0.25, 0.3) is 0 Å². The Labute approximate surface area is 201 Å². The summed E-state index contributed by atoms with van der Waals surface area (Å²) < 4.78 is 0. The Kier molecular flexibility index (Phi) is 13.2. The Morgan fingerprint density at radius 2 is 0.969 bits per heavy atom. The summed E-state index contributed by atoms with van der Waals surface area (Å²) in [6.45, 7) is 4.84. The molecule has 1 aliphatic carbocycles. The fraction of sp³-hybridized carbons (Fsp3) is 0.923. The quantitative estimate of drug-likeness (QED) is 0.433. The highest BCUT2D eigenvalue weighted by atomic mass is 16.2. The highest BCUT2D eigenvalue weighted by Gasteiger charge is 2.31. The SMILES string of the molecule is CC1(BBBC2(C)CCCCCCCC(=O)NC(=O)C2)CCCCCCCCCCCC1. The summed E-state index contributed by atoms with van der Waals surface area (Å²) in [4.78, 5) is 24.6. The van der Waals surface area contributed by atoms with Crippen LogP contribution in [0.1, 0.15) is 142 Å². The summed E-state index contributed by atoms with van der Waals surface area (Å²) in [5, 5.41) is 3.16. The van der Waals surface area contributed by atoms with E-state index in [0.29, 0.717) is 18.2 Å². The number of nitrogens with one attached hydrogen (secondary N) is 1. The second kappa shape index (κ2) is 15.3. The molecule has 1 unspecified atom stereocenters. The Bertz CT molecular complexity index is 543. The highest BCUT2D eigenvalue weighted by Crippen LogP contribution is 2.39. The van der Waals surface area contributed by atoms with Crippen molar-refractivity contribution < 1.29 is 9.59 Å². The molecule has 0 bridgehead atoms. The summed E-state index contributed by atoms with van der Waals surface area (Å²) in [5.74, 6) is -0.124. The van der Waals surface area contributed by atoms with Crippen molar-refractivity contribution in [3.63, 3.8) is 0 Å². The third-order valence-corrected chi connectivity index (χ3v) is 8.42. The monoisotopic (exact) mass is 441 g/mol. The molecule has 1 N–H and O–H groups in total. The van der Waals surface area contributed by atoms with Gasteiger partial charge < -0.3 is 0 Å². The van der Waals surface area contributed by atoms with Crippen molar-refractivity contribution in [1.29, 1.82) is 0 Å². The molecule has 1 saturated heterocycles. The lowest BCUT2D eigenvalue weighted by molar-refractivity contribution is -0.130. The van der Waals surface area contributed by atoms with Gasteiger partial charge in [-0.25, -0.2) is 0 Å². The molecule has 1 aliphatic heterocycles. The van der Waals surface area contributed by atoms with Gasteiger partial charge >= 0.3 is 0 Å². The molecule has 180 valence electrons. The number of hydrogen-bond donors (Lipinski definition) is 1. The topological polar surface area (TPSA) is 46.2 Å². The van der Waals surface area contributed by atoms with E-state index in [0.717, 1.165) is 26.4 Å². The van der Waals surface area contributed by atoms with Gasteiger partial charge in [0.15, 0.2) is 0 Å². The van der Waals surface area contributed by atoms with E-state index in [-0.39, 0.29) is 17.1 Å². The molecule has 3 nitrogen and oxygen atoms in total. The van der Waals surface area contributed by atoms with Crippen LogP contribution in [0.4, 0.5) is 0 Å². The molecular weight excluding hydrogens is 391 g/mol. The van der Waals surface area contributed by atoms with Gasteiger partial charge in [-0.15, -0.1) is 0 Å². The molecule has 32 heavy (non-hydrogen) atoms. The van der Waals surface area contributed by atoms with Gasteiger partial charge in [0.25, 0.3) is 0 Å². The van der Waals surface area contributed by atoms with Crippen molar-refractivity contribution in [2.24, 2.45) is 0 Å². The van der Waals surface area contributed by atoms with Crippen molar-refractivity contribution in [2.75, 3.05) is 0 Å². The van der Waals surface area contributed by atoms with Crippen molar-refractivity contribution in [2.45, 2.75) is 153 Å². The smallest absolute Gasteiger partial charge is 0.226 e. The van der Waals surface area contributed by atoms with Crippen molar-refractivity contribution >= 4 is 33.2 Å². The first-order valence-corrected chi connectivity index (χ1v) is 14.2. The van der Waals surface area contributed by atoms with Crippen molar-refractivity contribution in [3.8, 4) is 0 Å². The molecular formula is C26H50B3NO2. The number of rotatable bonds is 4. The van der Waals surface area contributed by atoms with E-state index in [1.54, 1.807) is 0 Å². The molecule has 2 rings (SSSR count). The summed E-state index contributed by atoms with van der Waals surface area (Å²) in [5.41, 5.74) is 0. The second-order valence-corrected chi connectivity index (χ2v) is 11.9. The maximum Gasteiger partial charge on any atom is 0.226 e. The first-order valence-electron chi connectivity index (χ1n) is 14.2. The van der Waals surface area contributed by atoms with Crippen LogP contribution < -0.4 is 5.32 Å². The predicted molar refractivity (Wildman–Crippen MR) is 144 cm³/mol. The molecule has 0 aromatic rings. The zero-order valence-corrected chi connectivity index (χ0v) is 21.6. The molecule has 2 aliphatic rings. The van der Waals surface area contributed by atoms with Crippen LogP contribution in [0.3, 0.4) is 0 Å². The van der Waals surface area contributed by atoms with Crippen LogP contribution >= 0.6 is 0 Å².